The fraction of sp³-hybridized carbons (Fsp3) is 0.389. The number of nitrogen functional groups attached to an aromatic ring is 1. The molecule has 10 nitrogen and oxygen atoms in total. The third kappa shape index (κ3) is 5.30. The second kappa shape index (κ2) is 9.48. The van der Waals surface area contributed by atoms with Gasteiger partial charge in [0.1, 0.15) is 12.9 Å². The van der Waals surface area contributed by atoms with E-state index < -0.39 is 5.91 Å². The number of hydrogen-bond acceptors (Lipinski definition) is 8. The summed E-state index contributed by atoms with van der Waals surface area (Å²) >= 11 is 6.22. The van der Waals surface area contributed by atoms with E-state index in [0.29, 0.717) is 50.0 Å². The first-order chi connectivity index (χ1) is 14.0. The molecule has 1 fully saturated rings. The summed E-state index contributed by atoms with van der Waals surface area (Å²) in [6.45, 7) is 3.31. The number of hydrogen-bond donors (Lipinski definition) is 3. The fourth-order valence-corrected chi connectivity index (χ4v) is 3.03. The standard InChI is InChI=1S/C18H23ClN6O4/c1-21-4-9-28-18(27)25-7-5-24(6-8-25)12-2-3-13(19)14(10-12)22-16(26)15-11-29-17(20)23-15/h2-3,10-11,21H,4-9H2,1H3,(H2,20,23)(H,22,26). The molecule has 2 amide bonds. The predicted molar refractivity (Wildman–Crippen MR) is 109 cm³/mol. The number of nitrogens with one attached hydrogen (secondary N) is 2. The van der Waals surface area contributed by atoms with Gasteiger partial charge in [0.05, 0.1) is 10.7 Å². The number of aromatic nitrogens is 1. The number of nitrogens with zero attached hydrogens (tertiary/aromatic N) is 3. The number of carbonyl (C=O) groups excluding carboxylic acids is 2. The molecule has 11 heteroatoms. The molecule has 2 aromatic rings. The third-order valence-electron chi connectivity index (χ3n) is 4.43. The van der Waals surface area contributed by atoms with Gasteiger partial charge in [-0.1, -0.05) is 11.6 Å². The maximum atomic E-state index is 12.3. The molecule has 2 heterocycles. The molecule has 0 radical (unpaired) electrons. The number of anilines is 3. The third-order valence-corrected chi connectivity index (χ3v) is 4.76. The van der Waals surface area contributed by atoms with E-state index in [1.807, 2.05) is 6.07 Å². The number of rotatable bonds is 6. The number of halogens is 1. The van der Waals surface area contributed by atoms with Crippen molar-refractivity contribution in [3.63, 3.8) is 0 Å². The van der Waals surface area contributed by atoms with Gasteiger partial charge in [0, 0.05) is 38.4 Å². The number of ether oxygens (including phenoxy) is 1. The molecule has 0 unspecified atom stereocenters. The first kappa shape index (κ1) is 20.7. The van der Waals surface area contributed by atoms with E-state index in [1.165, 1.54) is 6.26 Å². The van der Waals surface area contributed by atoms with E-state index in [0.717, 1.165) is 5.69 Å². The van der Waals surface area contributed by atoms with Crippen LogP contribution >= 0.6 is 11.6 Å². The average molecular weight is 423 g/mol. The molecule has 0 saturated carbocycles. The van der Waals surface area contributed by atoms with Crippen molar-refractivity contribution in [2.24, 2.45) is 0 Å². The molecule has 1 aromatic carbocycles. The smallest absolute Gasteiger partial charge is 0.409 e. The summed E-state index contributed by atoms with van der Waals surface area (Å²) in [6, 6.07) is 5.27. The van der Waals surface area contributed by atoms with Crippen LogP contribution in [0.25, 0.3) is 0 Å². The Balaban J connectivity index is 1.60. The van der Waals surface area contributed by atoms with E-state index >= 15 is 0 Å². The van der Waals surface area contributed by atoms with E-state index in [-0.39, 0.29) is 17.8 Å². The Bertz CT molecular complexity index is 866. The number of likely N-dealkylation sites (N-methyl/N-ethyl adjacent to an activating group) is 1. The van der Waals surface area contributed by atoms with Crippen molar-refractivity contribution < 1.29 is 18.7 Å². The lowest BCUT2D eigenvalue weighted by molar-refractivity contribution is 0.101. The van der Waals surface area contributed by atoms with Gasteiger partial charge in [-0.3, -0.25) is 4.79 Å². The Morgan fingerprint density at radius 1 is 1.31 bits per heavy atom. The largest absolute Gasteiger partial charge is 0.448 e. The molecule has 4 N–H and O–H groups in total. The van der Waals surface area contributed by atoms with Crippen LogP contribution < -0.4 is 21.3 Å². The molecule has 1 saturated heterocycles. The maximum Gasteiger partial charge on any atom is 0.409 e. The molecular formula is C18H23ClN6O4. The van der Waals surface area contributed by atoms with Gasteiger partial charge in [-0.05, 0) is 25.2 Å². The molecule has 1 aromatic heterocycles. The highest BCUT2D eigenvalue weighted by Gasteiger charge is 2.23. The number of carbonyl (C=O) groups is 2. The molecule has 0 bridgehead atoms. The lowest BCUT2D eigenvalue weighted by atomic mass is 10.2. The van der Waals surface area contributed by atoms with Crippen molar-refractivity contribution in [2.45, 2.75) is 0 Å². The topological polar surface area (TPSA) is 126 Å². The normalized spacial score (nSPS) is 14.0. The Morgan fingerprint density at radius 3 is 2.72 bits per heavy atom. The van der Waals surface area contributed by atoms with Crippen LogP contribution in [0.2, 0.25) is 5.02 Å². The van der Waals surface area contributed by atoms with E-state index in [2.05, 4.69) is 20.5 Å². The van der Waals surface area contributed by atoms with Gasteiger partial charge in [-0.25, -0.2) is 4.79 Å². The molecule has 3 rings (SSSR count). The zero-order valence-corrected chi connectivity index (χ0v) is 16.7. The second-order valence-corrected chi connectivity index (χ2v) is 6.79. The summed E-state index contributed by atoms with van der Waals surface area (Å²) in [4.78, 5) is 31.9. The Labute approximate surface area is 172 Å². The summed E-state index contributed by atoms with van der Waals surface area (Å²) in [6.07, 6.45) is 0.868. The van der Waals surface area contributed by atoms with Crippen LogP contribution in [0.5, 0.6) is 0 Å². The first-order valence-electron chi connectivity index (χ1n) is 9.11. The molecule has 1 aliphatic rings. The van der Waals surface area contributed by atoms with Gasteiger partial charge < -0.3 is 35.3 Å². The quantitative estimate of drug-likeness (QED) is 0.600. The lowest BCUT2D eigenvalue weighted by Crippen LogP contribution is -2.49. The minimum Gasteiger partial charge on any atom is -0.448 e. The highest BCUT2D eigenvalue weighted by Crippen LogP contribution is 2.28. The van der Waals surface area contributed by atoms with Crippen LogP contribution in [0.3, 0.4) is 0 Å². The molecule has 0 atom stereocenters. The second-order valence-electron chi connectivity index (χ2n) is 6.38. The Morgan fingerprint density at radius 2 is 2.07 bits per heavy atom. The van der Waals surface area contributed by atoms with Crippen molar-refractivity contribution in [2.75, 3.05) is 62.3 Å². The number of benzene rings is 1. The van der Waals surface area contributed by atoms with Crippen LogP contribution in [0.15, 0.2) is 28.9 Å². The van der Waals surface area contributed by atoms with Gasteiger partial charge >= 0.3 is 6.09 Å². The van der Waals surface area contributed by atoms with Crippen molar-refractivity contribution in [1.82, 2.24) is 15.2 Å². The predicted octanol–water partition coefficient (Wildman–Crippen LogP) is 1.64. The summed E-state index contributed by atoms with van der Waals surface area (Å²) in [5.41, 5.74) is 6.79. The molecule has 29 heavy (non-hydrogen) atoms. The van der Waals surface area contributed by atoms with Crippen LogP contribution in [-0.2, 0) is 4.74 Å². The minimum absolute atomic E-state index is 0.0642. The summed E-state index contributed by atoms with van der Waals surface area (Å²) < 4.78 is 10.1. The first-order valence-corrected chi connectivity index (χ1v) is 9.49. The van der Waals surface area contributed by atoms with E-state index in [9.17, 15) is 9.59 Å². The average Bonchev–Trinajstić information content (AvgIpc) is 3.16. The van der Waals surface area contributed by atoms with Crippen molar-refractivity contribution in [1.29, 1.82) is 0 Å². The van der Waals surface area contributed by atoms with Crippen LogP contribution in [-0.4, -0.2) is 68.3 Å². The van der Waals surface area contributed by atoms with E-state index in [4.69, 9.17) is 26.5 Å². The molecule has 156 valence electrons. The molecule has 1 aliphatic heterocycles. The number of nitrogens with two attached hydrogens (primary N) is 1. The minimum atomic E-state index is -0.473. The van der Waals surface area contributed by atoms with Gasteiger partial charge in [-0.2, -0.15) is 4.98 Å². The lowest BCUT2D eigenvalue weighted by Gasteiger charge is -2.35. The summed E-state index contributed by atoms with van der Waals surface area (Å²) in [7, 11) is 1.80. The number of piperazine rings is 1. The zero-order valence-electron chi connectivity index (χ0n) is 16.0. The van der Waals surface area contributed by atoms with Gasteiger partial charge in [0.15, 0.2) is 5.69 Å². The molecule has 0 aliphatic carbocycles. The van der Waals surface area contributed by atoms with Gasteiger partial charge in [-0.15, -0.1) is 0 Å². The number of amides is 2. The highest BCUT2D eigenvalue weighted by atomic mass is 35.5. The van der Waals surface area contributed by atoms with Crippen molar-refractivity contribution in [3.8, 4) is 0 Å². The maximum absolute atomic E-state index is 12.3. The Kier molecular flexibility index (Phi) is 6.78. The highest BCUT2D eigenvalue weighted by molar-refractivity contribution is 6.34. The monoisotopic (exact) mass is 422 g/mol. The zero-order chi connectivity index (χ0) is 20.8. The summed E-state index contributed by atoms with van der Waals surface area (Å²) in [5, 5.41) is 6.03. The number of oxazole rings is 1. The van der Waals surface area contributed by atoms with Crippen LogP contribution in [0.4, 0.5) is 22.2 Å². The summed E-state index contributed by atoms with van der Waals surface area (Å²) in [5.74, 6) is -0.473. The van der Waals surface area contributed by atoms with Gasteiger partial charge in [0.25, 0.3) is 11.9 Å². The van der Waals surface area contributed by atoms with Crippen LogP contribution in [0.1, 0.15) is 10.5 Å². The van der Waals surface area contributed by atoms with E-state index in [1.54, 1.807) is 24.1 Å². The van der Waals surface area contributed by atoms with Crippen molar-refractivity contribution in [3.05, 3.63) is 35.2 Å². The van der Waals surface area contributed by atoms with Crippen molar-refractivity contribution >= 4 is 41.0 Å². The van der Waals surface area contributed by atoms with Crippen LogP contribution in [0, 0.1) is 0 Å². The fourth-order valence-electron chi connectivity index (χ4n) is 2.86. The Hall–Kier alpha value is -2.98. The van der Waals surface area contributed by atoms with Gasteiger partial charge in [0.2, 0.25) is 0 Å². The molecular weight excluding hydrogens is 400 g/mol. The SMILES string of the molecule is CNCCOC(=O)N1CCN(c2ccc(Cl)c(NC(=O)c3coc(N)n3)c2)CC1. The molecule has 0 spiro atoms.